The molecule has 4 heteroatoms. The van der Waals surface area contributed by atoms with Gasteiger partial charge in [-0.15, -0.1) is 0 Å². The molecule has 3 saturated carbocycles. The Morgan fingerprint density at radius 3 is 2.53 bits per heavy atom. The van der Waals surface area contributed by atoms with Crippen LogP contribution in [0.3, 0.4) is 0 Å². The van der Waals surface area contributed by atoms with Crippen LogP contribution < -0.4 is 5.73 Å². The van der Waals surface area contributed by atoms with Gasteiger partial charge in [-0.2, -0.15) is 0 Å². The smallest absolute Gasteiger partial charge is 0.0978 e. The summed E-state index contributed by atoms with van der Waals surface area (Å²) in [5, 5.41) is 24.3. The molecule has 0 aliphatic heterocycles. The fourth-order valence-corrected chi connectivity index (χ4v) is 8.26. The van der Waals surface area contributed by atoms with E-state index in [1.165, 1.54) is 0 Å². The van der Waals surface area contributed by atoms with Gasteiger partial charge in [-0.25, -0.2) is 0 Å². The van der Waals surface area contributed by atoms with E-state index in [1.807, 2.05) is 30.3 Å². The zero-order valence-electron chi connectivity index (χ0n) is 19.9. The Morgan fingerprint density at radius 2 is 1.78 bits per heavy atom. The van der Waals surface area contributed by atoms with E-state index < -0.39 is 16.6 Å². The Morgan fingerprint density at radius 1 is 1.00 bits per heavy atom. The zero-order chi connectivity index (χ0) is 22.6. The average molecular weight is 440 g/mol. The molecule has 4 aliphatic carbocycles. The number of allylic oxidation sites excluding steroid dienone is 1. The Kier molecular flexibility index (Phi) is 5.60. The first-order valence-corrected chi connectivity index (χ1v) is 12.8. The van der Waals surface area contributed by atoms with Crippen LogP contribution in [0.15, 0.2) is 42.0 Å². The minimum absolute atomic E-state index is 0.140. The molecule has 1 aromatic rings. The summed E-state index contributed by atoms with van der Waals surface area (Å²) in [6, 6.07) is 10.1. The maximum absolute atomic E-state index is 12.3. The van der Waals surface area contributed by atoms with Crippen molar-refractivity contribution in [3.8, 4) is 0 Å². The van der Waals surface area contributed by atoms with Crippen LogP contribution in [0.2, 0.25) is 0 Å². The highest BCUT2D eigenvalue weighted by Gasteiger charge is 2.71. The second kappa shape index (κ2) is 7.94. The predicted octanol–water partition coefficient (Wildman–Crippen LogP) is 4.69. The van der Waals surface area contributed by atoms with Gasteiger partial charge >= 0.3 is 0 Å². The van der Waals surface area contributed by atoms with Gasteiger partial charge in [0, 0.05) is 12.0 Å². The lowest BCUT2D eigenvalue weighted by Crippen LogP contribution is -2.63. The third-order valence-electron chi connectivity index (χ3n) is 10.3. The third-order valence-corrected chi connectivity index (χ3v) is 10.3. The van der Waals surface area contributed by atoms with Crippen LogP contribution in [0.25, 0.3) is 0 Å². The van der Waals surface area contributed by atoms with Crippen LogP contribution in [0.5, 0.6) is 0 Å². The Labute approximate surface area is 193 Å². The highest BCUT2D eigenvalue weighted by Crippen LogP contribution is 2.70. The van der Waals surface area contributed by atoms with Crippen LogP contribution in [-0.2, 0) is 10.3 Å². The Bertz CT molecular complexity index is 871. The normalized spacial score (nSPS) is 45.5. The Balaban J connectivity index is 1.43. The number of ether oxygens (including phenoxy) is 1. The summed E-state index contributed by atoms with van der Waals surface area (Å²) < 4.78 is 6.13. The van der Waals surface area contributed by atoms with Gasteiger partial charge in [0.25, 0.3) is 0 Å². The molecule has 0 spiro atoms. The molecular weight excluding hydrogens is 398 g/mol. The summed E-state index contributed by atoms with van der Waals surface area (Å²) in [6.07, 6.45) is 11.1. The minimum atomic E-state index is -0.965. The summed E-state index contributed by atoms with van der Waals surface area (Å²) in [7, 11) is 0. The molecule has 3 fully saturated rings. The highest BCUT2D eigenvalue weighted by molar-refractivity contribution is 5.34. The van der Waals surface area contributed by atoms with Crippen molar-refractivity contribution in [3.63, 3.8) is 0 Å². The largest absolute Gasteiger partial charge is 0.389 e. The molecule has 0 radical (unpaired) electrons. The van der Waals surface area contributed by atoms with Crippen molar-refractivity contribution >= 4 is 0 Å². The topological polar surface area (TPSA) is 75.7 Å². The number of hydrogen-bond acceptors (Lipinski definition) is 4. The van der Waals surface area contributed by atoms with E-state index in [-0.39, 0.29) is 11.3 Å². The molecule has 4 nitrogen and oxygen atoms in total. The lowest BCUT2D eigenvalue weighted by molar-refractivity contribution is -0.218. The minimum Gasteiger partial charge on any atom is -0.389 e. The number of hydrogen-bond donors (Lipinski definition) is 3. The van der Waals surface area contributed by atoms with Crippen molar-refractivity contribution in [1.82, 2.24) is 0 Å². The van der Waals surface area contributed by atoms with Gasteiger partial charge in [-0.3, -0.25) is 0 Å². The summed E-state index contributed by atoms with van der Waals surface area (Å²) in [5.74, 6) is 0.686. The Hall–Kier alpha value is -1.20. The predicted molar refractivity (Wildman–Crippen MR) is 127 cm³/mol. The standard InChI is InChI=1S/C28H41NO3/c1-25-13-11-22(32-18-6-17-29)19-21(25)9-10-24-23(25)12-14-26(2)27(30,15-16-28(24,26)31)20-7-4-3-5-8-20/h3-5,7-9,22-24,30-31H,6,10-19,29H2,1-2H3/t22-,23-,24+,25-,26+,27-,28-/m0/s1. The molecule has 4 N–H and O–H groups in total. The first-order chi connectivity index (χ1) is 15.3. The maximum atomic E-state index is 12.3. The zero-order valence-corrected chi connectivity index (χ0v) is 19.9. The fourth-order valence-electron chi connectivity index (χ4n) is 8.26. The first-order valence-electron chi connectivity index (χ1n) is 12.8. The van der Waals surface area contributed by atoms with Crippen molar-refractivity contribution in [3.05, 3.63) is 47.5 Å². The molecule has 0 heterocycles. The molecule has 1 aromatic carbocycles. The van der Waals surface area contributed by atoms with Crippen molar-refractivity contribution in [2.24, 2.45) is 28.4 Å². The van der Waals surface area contributed by atoms with Gasteiger partial charge in [-0.1, -0.05) is 55.8 Å². The van der Waals surface area contributed by atoms with Crippen molar-refractivity contribution < 1.29 is 14.9 Å². The molecule has 0 amide bonds. The molecule has 176 valence electrons. The van der Waals surface area contributed by atoms with E-state index >= 15 is 0 Å². The average Bonchev–Trinajstić information content (AvgIpc) is 3.02. The van der Waals surface area contributed by atoms with Crippen molar-refractivity contribution in [1.29, 1.82) is 0 Å². The van der Waals surface area contributed by atoms with E-state index in [0.717, 1.165) is 57.1 Å². The van der Waals surface area contributed by atoms with Gasteiger partial charge in [0.05, 0.1) is 17.3 Å². The van der Waals surface area contributed by atoms with Crippen molar-refractivity contribution in [2.75, 3.05) is 13.2 Å². The van der Waals surface area contributed by atoms with E-state index in [0.29, 0.717) is 31.4 Å². The summed E-state index contributed by atoms with van der Waals surface area (Å²) in [5.41, 5.74) is 5.96. The van der Waals surface area contributed by atoms with Crippen LogP contribution in [-0.4, -0.2) is 35.1 Å². The molecule has 7 atom stereocenters. The maximum Gasteiger partial charge on any atom is 0.0978 e. The van der Waals surface area contributed by atoms with E-state index in [4.69, 9.17) is 10.5 Å². The van der Waals surface area contributed by atoms with Gasteiger partial charge in [0.15, 0.2) is 0 Å². The van der Waals surface area contributed by atoms with Gasteiger partial charge in [0.2, 0.25) is 0 Å². The van der Waals surface area contributed by atoms with Crippen LogP contribution in [0, 0.1) is 22.7 Å². The molecule has 0 aromatic heterocycles. The quantitative estimate of drug-likeness (QED) is 0.460. The molecule has 0 saturated heterocycles. The van der Waals surface area contributed by atoms with E-state index in [9.17, 15) is 10.2 Å². The van der Waals surface area contributed by atoms with Crippen LogP contribution >= 0.6 is 0 Å². The second-order valence-corrected chi connectivity index (χ2v) is 11.5. The second-order valence-electron chi connectivity index (χ2n) is 11.5. The molecule has 5 rings (SSSR count). The summed E-state index contributed by atoms with van der Waals surface area (Å²) >= 11 is 0. The van der Waals surface area contributed by atoms with Gasteiger partial charge < -0.3 is 20.7 Å². The SMILES string of the molecule is C[C@]12CC[C@H]3[C@@H](CC=C4C[C@@H](OCCCN)CC[C@@]43C)[C@@]1(O)CC[C@]2(O)c1ccccc1. The molecule has 0 bridgehead atoms. The molecule has 32 heavy (non-hydrogen) atoms. The number of rotatable bonds is 5. The van der Waals surface area contributed by atoms with E-state index in [2.05, 4.69) is 19.9 Å². The molecular formula is C28H41NO3. The fraction of sp³-hybridized carbons (Fsp3) is 0.714. The molecule has 4 aliphatic rings. The highest BCUT2D eigenvalue weighted by atomic mass is 16.5. The van der Waals surface area contributed by atoms with Crippen LogP contribution in [0.1, 0.15) is 77.2 Å². The van der Waals surface area contributed by atoms with Gasteiger partial charge in [0.1, 0.15) is 0 Å². The number of fused-ring (bicyclic) bond motifs is 5. The number of benzene rings is 1. The lowest BCUT2D eigenvalue weighted by Gasteiger charge is -2.62. The summed E-state index contributed by atoms with van der Waals surface area (Å²) in [6.45, 7) is 6.04. The van der Waals surface area contributed by atoms with Gasteiger partial charge in [-0.05, 0) is 87.1 Å². The van der Waals surface area contributed by atoms with Crippen LogP contribution in [0.4, 0.5) is 0 Å². The van der Waals surface area contributed by atoms with Crippen molar-refractivity contribution in [2.45, 2.75) is 88.9 Å². The monoisotopic (exact) mass is 439 g/mol. The lowest BCUT2D eigenvalue weighted by atomic mass is 9.45. The number of aliphatic hydroxyl groups is 2. The third kappa shape index (κ3) is 3.02. The number of nitrogens with two attached hydrogens (primary N) is 1. The first kappa shape index (κ1) is 22.6. The molecule has 0 unspecified atom stereocenters. The van der Waals surface area contributed by atoms with E-state index in [1.54, 1.807) is 5.57 Å². The summed E-state index contributed by atoms with van der Waals surface area (Å²) in [4.78, 5) is 0.